The van der Waals surface area contributed by atoms with Crippen LogP contribution in [0.4, 0.5) is 17.1 Å². The first kappa shape index (κ1) is 40.3. The molecule has 1 aliphatic rings. The maximum absolute atomic E-state index is 2.51. The SMILES string of the molecule is c1ccc(-c2ccc(N(c3ccc4c(c3)C(c3ccccc3)(c3ccccc3)c3ccccc3-4)c3ccc4c(c3-c3cccc(-c5ccccc5)c3)c3ccccc3n4-c3ccccc3)cc2)cc1. The van der Waals surface area contributed by atoms with E-state index in [9.17, 15) is 0 Å². The fraction of sp³-hybridized carbons (Fsp3) is 0.0149. The Morgan fingerprint density at radius 2 is 0.841 bits per heavy atom. The van der Waals surface area contributed by atoms with E-state index in [0.717, 1.165) is 33.8 Å². The standard InChI is InChI=1S/C67H46N2/c1-6-21-47(22-7-1)49-37-39-55(40-38-49)68(56-41-42-58-57-33-16-18-35-60(57)67(61(58)46-56,52-27-10-3-11-28-52)53-29-12-4-13-30-53)63-43-44-64-66(59-34-17-19-36-62(59)69(64)54-31-14-5-15-32-54)65(63)51-26-20-25-50(45-51)48-23-8-2-9-24-48/h1-46H. The lowest BCUT2D eigenvalue weighted by atomic mass is 9.67. The van der Waals surface area contributed by atoms with Crippen LogP contribution in [0, 0.1) is 0 Å². The van der Waals surface area contributed by atoms with E-state index in [1.165, 1.54) is 77.5 Å². The van der Waals surface area contributed by atoms with Crippen molar-refractivity contribution in [3.05, 3.63) is 301 Å². The molecule has 69 heavy (non-hydrogen) atoms. The molecule has 0 radical (unpaired) electrons. The van der Waals surface area contributed by atoms with Gasteiger partial charge >= 0.3 is 0 Å². The van der Waals surface area contributed by atoms with Crippen molar-refractivity contribution < 1.29 is 0 Å². The molecule has 13 rings (SSSR count). The average molecular weight is 879 g/mol. The minimum Gasteiger partial charge on any atom is -0.310 e. The van der Waals surface area contributed by atoms with Gasteiger partial charge in [-0.15, -0.1) is 0 Å². The Kier molecular flexibility index (Phi) is 9.77. The lowest BCUT2D eigenvalue weighted by Gasteiger charge is -2.35. The smallest absolute Gasteiger partial charge is 0.0714 e. The van der Waals surface area contributed by atoms with Gasteiger partial charge in [0.25, 0.3) is 0 Å². The molecule has 0 fully saturated rings. The molecule has 0 unspecified atom stereocenters. The summed E-state index contributed by atoms with van der Waals surface area (Å²) < 4.78 is 2.43. The molecular weight excluding hydrogens is 833 g/mol. The molecular formula is C67H46N2. The molecule has 1 aliphatic carbocycles. The third kappa shape index (κ3) is 6.56. The van der Waals surface area contributed by atoms with Crippen molar-refractivity contribution in [2.45, 2.75) is 5.41 Å². The average Bonchev–Trinajstić information content (AvgIpc) is 3.93. The topological polar surface area (TPSA) is 8.17 Å². The molecule has 0 N–H and O–H groups in total. The van der Waals surface area contributed by atoms with E-state index < -0.39 is 5.41 Å². The minimum atomic E-state index is -0.562. The lowest BCUT2D eigenvalue weighted by molar-refractivity contribution is 0.768. The second-order valence-corrected chi connectivity index (χ2v) is 18.0. The highest BCUT2D eigenvalue weighted by atomic mass is 15.1. The third-order valence-electron chi connectivity index (χ3n) is 14.3. The predicted molar refractivity (Wildman–Crippen MR) is 289 cm³/mol. The van der Waals surface area contributed by atoms with Crippen molar-refractivity contribution in [3.8, 4) is 50.2 Å². The number of anilines is 3. The molecule has 1 heterocycles. The highest BCUT2D eigenvalue weighted by Crippen LogP contribution is 2.58. The molecule has 0 aliphatic heterocycles. The Labute approximate surface area is 403 Å². The molecule has 0 saturated carbocycles. The van der Waals surface area contributed by atoms with Crippen LogP contribution in [0.1, 0.15) is 22.3 Å². The highest BCUT2D eigenvalue weighted by Gasteiger charge is 2.46. The van der Waals surface area contributed by atoms with Crippen LogP contribution in [-0.2, 0) is 5.41 Å². The number of rotatable bonds is 9. The van der Waals surface area contributed by atoms with Gasteiger partial charge in [0.1, 0.15) is 0 Å². The summed E-state index contributed by atoms with van der Waals surface area (Å²) in [6.45, 7) is 0. The minimum absolute atomic E-state index is 0.562. The number of benzene rings is 11. The fourth-order valence-electron chi connectivity index (χ4n) is 11.3. The Balaban J connectivity index is 1.14. The Morgan fingerprint density at radius 3 is 1.54 bits per heavy atom. The summed E-state index contributed by atoms with van der Waals surface area (Å²) in [6.07, 6.45) is 0. The molecule has 11 aromatic carbocycles. The van der Waals surface area contributed by atoms with Crippen LogP contribution in [0.15, 0.2) is 279 Å². The highest BCUT2D eigenvalue weighted by molar-refractivity contribution is 6.19. The second kappa shape index (κ2) is 16.7. The summed E-state index contributed by atoms with van der Waals surface area (Å²) in [5, 5.41) is 2.41. The number of para-hydroxylation sites is 2. The van der Waals surface area contributed by atoms with Gasteiger partial charge < -0.3 is 9.47 Å². The first-order chi connectivity index (χ1) is 34.3. The van der Waals surface area contributed by atoms with Gasteiger partial charge in [0, 0.05) is 33.4 Å². The van der Waals surface area contributed by atoms with Crippen molar-refractivity contribution in [1.82, 2.24) is 4.57 Å². The molecule has 0 saturated heterocycles. The Hall–Kier alpha value is -8.98. The predicted octanol–water partition coefficient (Wildman–Crippen LogP) is 17.6. The second-order valence-electron chi connectivity index (χ2n) is 18.0. The van der Waals surface area contributed by atoms with Gasteiger partial charge in [0.15, 0.2) is 0 Å². The molecule has 1 aromatic heterocycles. The Bertz CT molecular complexity index is 3760. The van der Waals surface area contributed by atoms with E-state index in [4.69, 9.17) is 0 Å². The molecule has 2 nitrogen and oxygen atoms in total. The van der Waals surface area contributed by atoms with Crippen LogP contribution >= 0.6 is 0 Å². The van der Waals surface area contributed by atoms with E-state index in [1.807, 2.05) is 0 Å². The van der Waals surface area contributed by atoms with E-state index >= 15 is 0 Å². The summed E-state index contributed by atoms with van der Waals surface area (Å²) in [6, 6.07) is 103. The van der Waals surface area contributed by atoms with Crippen molar-refractivity contribution in [2.75, 3.05) is 4.90 Å². The number of nitrogens with zero attached hydrogens (tertiary/aromatic N) is 2. The van der Waals surface area contributed by atoms with Gasteiger partial charge in [-0.05, 0) is 122 Å². The molecule has 0 spiro atoms. The van der Waals surface area contributed by atoms with Crippen molar-refractivity contribution in [1.29, 1.82) is 0 Å². The summed E-state index contributed by atoms with van der Waals surface area (Å²) >= 11 is 0. The van der Waals surface area contributed by atoms with E-state index in [1.54, 1.807) is 0 Å². The number of hydrogen-bond acceptors (Lipinski definition) is 1. The van der Waals surface area contributed by atoms with Crippen molar-refractivity contribution in [2.24, 2.45) is 0 Å². The zero-order valence-electron chi connectivity index (χ0n) is 38.0. The Morgan fingerprint density at radius 1 is 0.319 bits per heavy atom. The molecule has 0 amide bonds. The van der Waals surface area contributed by atoms with E-state index in [0.29, 0.717) is 0 Å². The van der Waals surface area contributed by atoms with E-state index in [2.05, 4.69) is 289 Å². The number of fused-ring (bicyclic) bond motifs is 6. The zero-order valence-corrected chi connectivity index (χ0v) is 38.0. The third-order valence-corrected chi connectivity index (χ3v) is 14.3. The molecule has 0 atom stereocenters. The molecule has 324 valence electrons. The molecule has 0 bridgehead atoms. The van der Waals surface area contributed by atoms with Gasteiger partial charge in [-0.1, -0.05) is 218 Å². The maximum atomic E-state index is 2.51. The van der Waals surface area contributed by atoms with Crippen LogP contribution in [0.5, 0.6) is 0 Å². The monoisotopic (exact) mass is 878 g/mol. The first-order valence-electron chi connectivity index (χ1n) is 23.8. The van der Waals surface area contributed by atoms with Gasteiger partial charge in [-0.25, -0.2) is 0 Å². The van der Waals surface area contributed by atoms with Crippen molar-refractivity contribution in [3.63, 3.8) is 0 Å². The van der Waals surface area contributed by atoms with Crippen LogP contribution in [0.3, 0.4) is 0 Å². The van der Waals surface area contributed by atoms with Gasteiger partial charge in [-0.2, -0.15) is 0 Å². The normalized spacial score (nSPS) is 12.5. The van der Waals surface area contributed by atoms with Gasteiger partial charge in [0.2, 0.25) is 0 Å². The van der Waals surface area contributed by atoms with Crippen LogP contribution in [0.25, 0.3) is 72.0 Å². The maximum Gasteiger partial charge on any atom is 0.0714 e. The van der Waals surface area contributed by atoms with Crippen LogP contribution in [0.2, 0.25) is 0 Å². The first-order valence-corrected chi connectivity index (χ1v) is 23.8. The zero-order chi connectivity index (χ0) is 45.7. The van der Waals surface area contributed by atoms with Crippen LogP contribution < -0.4 is 4.90 Å². The van der Waals surface area contributed by atoms with E-state index in [-0.39, 0.29) is 0 Å². The van der Waals surface area contributed by atoms with Crippen LogP contribution in [-0.4, -0.2) is 4.57 Å². The summed E-state index contributed by atoms with van der Waals surface area (Å²) in [5.74, 6) is 0. The largest absolute Gasteiger partial charge is 0.310 e. The summed E-state index contributed by atoms with van der Waals surface area (Å²) in [7, 11) is 0. The quantitative estimate of drug-likeness (QED) is 0.140. The summed E-state index contributed by atoms with van der Waals surface area (Å²) in [5.41, 5.74) is 20.7. The molecule has 12 aromatic rings. The summed E-state index contributed by atoms with van der Waals surface area (Å²) in [4.78, 5) is 2.51. The molecule has 2 heteroatoms. The lowest BCUT2D eigenvalue weighted by Crippen LogP contribution is -2.28. The van der Waals surface area contributed by atoms with Crippen molar-refractivity contribution >= 4 is 38.9 Å². The fourth-order valence-corrected chi connectivity index (χ4v) is 11.3. The number of aromatic nitrogens is 1. The van der Waals surface area contributed by atoms with Gasteiger partial charge in [0.05, 0.1) is 22.1 Å². The van der Waals surface area contributed by atoms with Gasteiger partial charge in [-0.3, -0.25) is 0 Å². The number of hydrogen-bond donors (Lipinski definition) is 0.